The normalized spacial score (nSPS) is 19.9. The van der Waals surface area contributed by atoms with Gasteiger partial charge in [-0.3, -0.25) is 4.79 Å². The summed E-state index contributed by atoms with van der Waals surface area (Å²) in [5.74, 6) is 0.139. The maximum atomic E-state index is 12.0. The first-order valence-electron chi connectivity index (χ1n) is 7.02. The largest absolute Gasteiger partial charge is 0.326 e. The maximum absolute atomic E-state index is 12.0. The average molecular weight is 336 g/mol. The Morgan fingerprint density at radius 1 is 1.32 bits per heavy atom. The second-order valence-corrected chi connectivity index (χ2v) is 8.56. The third kappa shape index (κ3) is 3.72. The van der Waals surface area contributed by atoms with E-state index in [4.69, 9.17) is 0 Å². The molecule has 0 spiro atoms. The standard InChI is InChI=1S/C15H16N2O3S2/c18-14(9-11-5-8-22(19,20)10-11)17-13-3-1-12(2-4-13)15-16-6-7-21-15/h1-4,6-7,11H,5,8-10H2,(H,17,18). The molecule has 22 heavy (non-hydrogen) atoms. The van der Waals surface area contributed by atoms with Crippen LogP contribution in [-0.2, 0) is 14.6 Å². The van der Waals surface area contributed by atoms with E-state index in [-0.39, 0.29) is 29.8 Å². The number of sulfone groups is 1. The number of hydrogen-bond acceptors (Lipinski definition) is 5. The fourth-order valence-corrected chi connectivity index (χ4v) is 5.08. The van der Waals surface area contributed by atoms with E-state index in [1.54, 1.807) is 17.5 Å². The Labute approximate surface area is 133 Å². The molecule has 1 unspecified atom stereocenters. The number of amides is 1. The number of anilines is 1. The minimum Gasteiger partial charge on any atom is -0.326 e. The number of rotatable bonds is 4. The average Bonchev–Trinajstić information content (AvgIpc) is 3.09. The molecule has 1 aromatic carbocycles. The van der Waals surface area contributed by atoms with Crippen LogP contribution in [0, 0.1) is 5.92 Å². The lowest BCUT2D eigenvalue weighted by Crippen LogP contribution is -2.17. The van der Waals surface area contributed by atoms with Gasteiger partial charge in [0.1, 0.15) is 5.01 Å². The summed E-state index contributed by atoms with van der Waals surface area (Å²) in [5.41, 5.74) is 1.72. The molecule has 7 heteroatoms. The smallest absolute Gasteiger partial charge is 0.224 e. The third-order valence-corrected chi connectivity index (χ3v) is 6.31. The lowest BCUT2D eigenvalue weighted by Gasteiger charge is -2.09. The van der Waals surface area contributed by atoms with Crippen LogP contribution in [0.5, 0.6) is 0 Å². The van der Waals surface area contributed by atoms with Crippen LogP contribution in [0.3, 0.4) is 0 Å². The Kier molecular flexibility index (Phi) is 4.26. The van der Waals surface area contributed by atoms with Crippen molar-refractivity contribution in [2.45, 2.75) is 12.8 Å². The number of benzene rings is 1. The zero-order valence-corrected chi connectivity index (χ0v) is 13.5. The van der Waals surface area contributed by atoms with Gasteiger partial charge in [0, 0.05) is 29.2 Å². The molecule has 0 bridgehead atoms. The zero-order valence-electron chi connectivity index (χ0n) is 11.9. The third-order valence-electron chi connectivity index (χ3n) is 3.65. The van der Waals surface area contributed by atoms with Crippen LogP contribution < -0.4 is 5.32 Å². The molecule has 5 nitrogen and oxygen atoms in total. The summed E-state index contributed by atoms with van der Waals surface area (Å²) < 4.78 is 22.8. The van der Waals surface area contributed by atoms with Crippen molar-refractivity contribution >= 4 is 32.8 Å². The molecule has 1 aromatic heterocycles. The van der Waals surface area contributed by atoms with Crippen molar-refractivity contribution in [2.24, 2.45) is 5.92 Å². The van der Waals surface area contributed by atoms with E-state index in [0.29, 0.717) is 12.1 Å². The van der Waals surface area contributed by atoms with Crippen molar-refractivity contribution in [3.63, 3.8) is 0 Å². The summed E-state index contributed by atoms with van der Waals surface area (Å²) in [6.07, 6.45) is 2.59. The fraction of sp³-hybridized carbons (Fsp3) is 0.333. The van der Waals surface area contributed by atoms with Crippen molar-refractivity contribution in [1.29, 1.82) is 0 Å². The van der Waals surface area contributed by atoms with Crippen LogP contribution in [0.1, 0.15) is 12.8 Å². The van der Waals surface area contributed by atoms with Crippen LogP contribution in [0.4, 0.5) is 5.69 Å². The van der Waals surface area contributed by atoms with E-state index >= 15 is 0 Å². The van der Waals surface area contributed by atoms with E-state index in [1.807, 2.05) is 29.6 Å². The Morgan fingerprint density at radius 2 is 2.09 bits per heavy atom. The van der Waals surface area contributed by atoms with Crippen LogP contribution in [0.2, 0.25) is 0 Å². The fourth-order valence-electron chi connectivity index (χ4n) is 2.57. The molecule has 1 atom stereocenters. The highest BCUT2D eigenvalue weighted by atomic mass is 32.2. The molecular weight excluding hydrogens is 320 g/mol. The molecule has 3 rings (SSSR count). The van der Waals surface area contributed by atoms with Gasteiger partial charge in [-0.15, -0.1) is 11.3 Å². The van der Waals surface area contributed by atoms with Crippen molar-refractivity contribution < 1.29 is 13.2 Å². The van der Waals surface area contributed by atoms with E-state index in [2.05, 4.69) is 10.3 Å². The van der Waals surface area contributed by atoms with E-state index < -0.39 is 9.84 Å². The Hall–Kier alpha value is -1.73. The van der Waals surface area contributed by atoms with Gasteiger partial charge in [0.15, 0.2) is 9.84 Å². The minimum atomic E-state index is -2.93. The second-order valence-electron chi connectivity index (χ2n) is 5.44. The first-order valence-corrected chi connectivity index (χ1v) is 9.72. The van der Waals surface area contributed by atoms with E-state index in [9.17, 15) is 13.2 Å². The number of nitrogens with zero attached hydrogens (tertiary/aromatic N) is 1. The number of aromatic nitrogens is 1. The van der Waals surface area contributed by atoms with Gasteiger partial charge in [-0.1, -0.05) is 0 Å². The summed E-state index contributed by atoms with van der Waals surface area (Å²) in [6.45, 7) is 0. The molecule has 2 heterocycles. The molecule has 0 saturated carbocycles. The number of thiazole rings is 1. The first kappa shape index (κ1) is 15.2. The monoisotopic (exact) mass is 336 g/mol. The van der Waals surface area contributed by atoms with Gasteiger partial charge in [0.05, 0.1) is 11.5 Å². The van der Waals surface area contributed by atoms with Crippen LogP contribution >= 0.6 is 11.3 Å². The predicted molar refractivity (Wildman–Crippen MR) is 87.6 cm³/mol. The molecule has 1 fully saturated rings. The summed E-state index contributed by atoms with van der Waals surface area (Å²) in [6, 6.07) is 7.49. The number of nitrogens with one attached hydrogen (secondary N) is 1. The molecule has 1 saturated heterocycles. The quantitative estimate of drug-likeness (QED) is 0.931. The second kappa shape index (κ2) is 6.18. The minimum absolute atomic E-state index is 0.0559. The highest BCUT2D eigenvalue weighted by molar-refractivity contribution is 7.91. The van der Waals surface area contributed by atoms with Crippen LogP contribution in [0.25, 0.3) is 10.6 Å². The van der Waals surface area contributed by atoms with Crippen molar-refractivity contribution in [3.05, 3.63) is 35.8 Å². The number of carbonyl (C=O) groups excluding carboxylic acids is 1. The van der Waals surface area contributed by atoms with Gasteiger partial charge < -0.3 is 5.32 Å². The van der Waals surface area contributed by atoms with Crippen molar-refractivity contribution in [2.75, 3.05) is 16.8 Å². The zero-order chi connectivity index (χ0) is 15.6. The summed E-state index contributed by atoms with van der Waals surface area (Å²) in [5, 5.41) is 5.67. The topological polar surface area (TPSA) is 76.1 Å². The maximum Gasteiger partial charge on any atom is 0.224 e. The first-order chi connectivity index (χ1) is 10.5. The summed E-state index contributed by atoms with van der Waals surface area (Å²) in [7, 11) is -2.93. The molecule has 1 aliphatic heterocycles. The van der Waals surface area contributed by atoms with Crippen molar-refractivity contribution in [3.8, 4) is 10.6 Å². The number of hydrogen-bond donors (Lipinski definition) is 1. The predicted octanol–water partition coefficient (Wildman–Crippen LogP) is 2.57. The molecule has 1 aliphatic rings. The molecular formula is C15H16N2O3S2. The lowest BCUT2D eigenvalue weighted by atomic mass is 10.0. The van der Waals surface area contributed by atoms with Gasteiger partial charge >= 0.3 is 0 Å². The highest BCUT2D eigenvalue weighted by Crippen LogP contribution is 2.24. The molecule has 116 valence electrons. The van der Waals surface area contributed by atoms with E-state index in [0.717, 1.165) is 10.6 Å². The van der Waals surface area contributed by atoms with Crippen LogP contribution in [0.15, 0.2) is 35.8 Å². The van der Waals surface area contributed by atoms with Gasteiger partial charge in [-0.05, 0) is 36.6 Å². The molecule has 0 radical (unpaired) electrons. The Bertz CT molecular complexity index is 753. The van der Waals surface area contributed by atoms with Gasteiger partial charge in [-0.25, -0.2) is 13.4 Å². The summed E-state index contributed by atoms with van der Waals surface area (Å²) in [4.78, 5) is 16.2. The Morgan fingerprint density at radius 3 is 2.68 bits per heavy atom. The number of carbonyl (C=O) groups is 1. The molecule has 1 N–H and O–H groups in total. The van der Waals surface area contributed by atoms with Crippen molar-refractivity contribution in [1.82, 2.24) is 4.98 Å². The SMILES string of the molecule is O=C(CC1CCS(=O)(=O)C1)Nc1ccc(-c2nccs2)cc1. The molecule has 2 aromatic rings. The summed E-state index contributed by atoms with van der Waals surface area (Å²) >= 11 is 1.56. The lowest BCUT2D eigenvalue weighted by molar-refractivity contribution is -0.116. The van der Waals surface area contributed by atoms with Gasteiger partial charge in [0.2, 0.25) is 5.91 Å². The van der Waals surface area contributed by atoms with Gasteiger partial charge in [-0.2, -0.15) is 0 Å². The van der Waals surface area contributed by atoms with Gasteiger partial charge in [0.25, 0.3) is 0 Å². The highest BCUT2D eigenvalue weighted by Gasteiger charge is 2.29. The molecule has 1 amide bonds. The molecule has 0 aliphatic carbocycles. The van der Waals surface area contributed by atoms with Crippen LogP contribution in [-0.4, -0.2) is 30.8 Å². The Balaban J connectivity index is 1.58. The van der Waals surface area contributed by atoms with E-state index in [1.165, 1.54) is 0 Å².